The van der Waals surface area contributed by atoms with E-state index in [9.17, 15) is 24.8 Å². The Morgan fingerprint density at radius 2 is 1.90 bits per heavy atom. The van der Waals surface area contributed by atoms with Crippen LogP contribution in [0.5, 0.6) is 0 Å². The number of hydrogen-bond acceptors (Lipinski definition) is 5. The van der Waals surface area contributed by atoms with Crippen LogP contribution in [0, 0.1) is 10.1 Å². The van der Waals surface area contributed by atoms with Crippen LogP contribution in [-0.2, 0) is 4.79 Å². The summed E-state index contributed by atoms with van der Waals surface area (Å²) in [5, 5.41) is 23.0. The van der Waals surface area contributed by atoms with Crippen molar-refractivity contribution in [2.75, 3.05) is 7.05 Å². The van der Waals surface area contributed by atoms with Crippen molar-refractivity contribution in [2.24, 2.45) is 0 Å². The molecule has 1 aromatic rings. The Hall–Kier alpha value is -2.28. The van der Waals surface area contributed by atoms with Crippen molar-refractivity contribution in [3.8, 4) is 0 Å². The zero-order valence-corrected chi connectivity index (χ0v) is 11.2. The van der Waals surface area contributed by atoms with Crippen LogP contribution in [-0.4, -0.2) is 34.8 Å². The molecule has 2 atom stereocenters. The number of nitro groups is 1. The molecule has 0 spiro atoms. The molecule has 0 saturated carbocycles. The maximum absolute atomic E-state index is 11.5. The van der Waals surface area contributed by atoms with Gasteiger partial charge in [0.1, 0.15) is 0 Å². The van der Waals surface area contributed by atoms with Crippen molar-refractivity contribution in [2.45, 2.75) is 25.5 Å². The summed E-state index contributed by atoms with van der Waals surface area (Å²) in [6.07, 6.45) is -1.23. The molecule has 2 unspecified atom stereocenters. The van der Waals surface area contributed by atoms with Gasteiger partial charge in [-0.1, -0.05) is 31.2 Å². The van der Waals surface area contributed by atoms with Crippen molar-refractivity contribution in [1.82, 2.24) is 5.32 Å². The number of hydrogen-bond donors (Lipinski definition) is 2. The smallest absolute Gasteiger partial charge is 0.319 e. The zero-order valence-electron chi connectivity index (χ0n) is 11.2. The van der Waals surface area contributed by atoms with Crippen LogP contribution in [0.3, 0.4) is 0 Å². The Morgan fingerprint density at radius 1 is 1.35 bits per heavy atom. The van der Waals surface area contributed by atoms with E-state index in [0.717, 1.165) is 0 Å². The maximum Gasteiger partial charge on any atom is 0.319 e. The topological polar surface area (TPSA) is 110 Å². The second-order valence-corrected chi connectivity index (χ2v) is 4.19. The Balaban J connectivity index is 3.01. The maximum atomic E-state index is 11.5. The summed E-state index contributed by atoms with van der Waals surface area (Å²) >= 11 is 0. The molecule has 7 nitrogen and oxygen atoms in total. The number of amides is 1. The highest BCUT2D eigenvalue weighted by atomic mass is 16.6. The fraction of sp³-hybridized carbons (Fsp3) is 0.385. The number of ketones is 1. The summed E-state index contributed by atoms with van der Waals surface area (Å²) in [6.45, 7) is 1.72. The second-order valence-electron chi connectivity index (χ2n) is 4.19. The van der Waals surface area contributed by atoms with Crippen molar-refractivity contribution in [1.29, 1.82) is 0 Å². The minimum absolute atomic E-state index is 0.0665. The van der Waals surface area contributed by atoms with Crippen LogP contribution < -0.4 is 5.32 Å². The number of aliphatic hydroxyl groups is 1. The largest absolute Gasteiger partial charge is 0.381 e. The van der Waals surface area contributed by atoms with Crippen LogP contribution in [0.2, 0.25) is 0 Å². The van der Waals surface area contributed by atoms with E-state index in [-0.39, 0.29) is 11.3 Å². The van der Waals surface area contributed by atoms with Gasteiger partial charge in [-0.3, -0.25) is 19.7 Å². The number of likely N-dealkylation sites (N-methyl/N-ethyl adjacent to an activating group) is 1. The number of aliphatic hydroxyl groups excluding tert-OH is 1. The van der Waals surface area contributed by atoms with Gasteiger partial charge < -0.3 is 10.4 Å². The molecular formula is C13H16N2O5. The van der Waals surface area contributed by atoms with Gasteiger partial charge in [-0.05, 0) is 5.56 Å². The van der Waals surface area contributed by atoms with Gasteiger partial charge >= 0.3 is 6.04 Å². The lowest BCUT2D eigenvalue weighted by Crippen LogP contribution is -2.42. The highest BCUT2D eigenvalue weighted by molar-refractivity contribution is 5.95. The molecule has 1 aromatic carbocycles. The average Bonchev–Trinajstić information content (AvgIpc) is 2.46. The van der Waals surface area contributed by atoms with Gasteiger partial charge in [-0.15, -0.1) is 0 Å². The van der Waals surface area contributed by atoms with E-state index in [4.69, 9.17) is 0 Å². The number of Topliss-reactive ketones (excluding diaryl/α,β-unsaturated/α-hetero) is 1. The minimum Gasteiger partial charge on any atom is -0.381 e. The average molecular weight is 280 g/mol. The van der Waals surface area contributed by atoms with Crippen LogP contribution in [0.25, 0.3) is 0 Å². The Morgan fingerprint density at radius 3 is 2.30 bits per heavy atom. The normalized spacial score (nSPS) is 13.3. The van der Waals surface area contributed by atoms with E-state index in [1.54, 1.807) is 6.92 Å². The fourth-order valence-corrected chi connectivity index (χ4v) is 1.75. The Kier molecular flexibility index (Phi) is 5.33. The summed E-state index contributed by atoms with van der Waals surface area (Å²) in [6, 6.07) is 3.99. The third kappa shape index (κ3) is 3.39. The SMILES string of the molecule is CCC(=O)c1ccc(C(O)C(C(=O)NC)[N+](=O)[O-])cc1. The van der Waals surface area contributed by atoms with Crippen molar-refractivity contribution < 1.29 is 19.6 Å². The Bertz CT molecular complexity index is 512. The molecule has 1 rings (SSSR count). The van der Waals surface area contributed by atoms with Gasteiger partial charge in [0.15, 0.2) is 11.9 Å². The highest BCUT2D eigenvalue weighted by Gasteiger charge is 2.37. The number of benzene rings is 1. The minimum atomic E-state index is -1.78. The molecule has 0 bridgehead atoms. The van der Waals surface area contributed by atoms with Crippen LogP contribution in [0.15, 0.2) is 24.3 Å². The van der Waals surface area contributed by atoms with E-state index in [2.05, 4.69) is 5.32 Å². The van der Waals surface area contributed by atoms with Gasteiger partial charge in [0.05, 0.1) is 0 Å². The number of carbonyl (C=O) groups is 2. The molecule has 7 heteroatoms. The lowest BCUT2D eigenvalue weighted by Gasteiger charge is -2.15. The number of carbonyl (C=O) groups excluding carboxylic acids is 2. The Labute approximate surface area is 115 Å². The lowest BCUT2D eigenvalue weighted by molar-refractivity contribution is -0.520. The predicted molar refractivity (Wildman–Crippen MR) is 70.9 cm³/mol. The van der Waals surface area contributed by atoms with Crippen LogP contribution in [0.4, 0.5) is 0 Å². The van der Waals surface area contributed by atoms with Gasteiger partial charge in [0.2, 0.25) is 0 Å². The molecule has 108 valence electrons. The molecule has 0 fully saturated rings. The third-order valence-electron chi connectivity index (χ3n) is 2.94. The summed E-state index contributed by atoms with van der Waals surface area (Å²) in [4.78, 5) is 32.9. The molecule has 2 N–H and O–H groups in total. The predicted octanol–water partition coefficient (Wildman–Crippen LogP) is 0.704. The van der Waals surface area contributed by atoms with Crippen molar-refractivity contribution in [3.05, 3.63) is 45.5 Å². The molecule has 0 aromatic heterocycles. The van der Waals surface area contributed by atoms with Gasteiger partial charge in [0, 0.05) is 24.0 Å². The molecule has 0 aliphatic carbocycles. The number of nitrogens with zero attached hydrogens (tertiary/aromatic N) is 1. The second kappa shape index (κ2) is 6.76. The van der Waals surface area contributed by atoms with Gasteiger partial charge in [-0.2, -0.15) is 0 Å². The molecule has 1 amide bonds. The zero-order chi connectivity index (χ0) is 15.3. The summed E-state index contributed by atoms with van der Waals surface area (Å²) in [7, 11) is 1.26. The van der Waals surface area contributed by atoms with Gasteiger partial charge in [0.25, 0.3) is 5.91 Å². The summed E-state index contributed by atoms with van der Waals surface area (Å²) in [5.41, 5.74) is 0.670. The standard InChI is InChI=1S/C13H16N2O5/c1-3-10(16)8-4-6-9(7-5-8)12(17)11(15(19)20)13(18)14-2/h4-7,11-12,17H,3H2,1-2H3,(H,14,18). The first-order valence-corrected chi connectivity index (χ1v) is 6.08. The van der Waals surface area contributed by atoms with E-state index in [0.29, 0.717) is 12.0 Å². The van der Waals surface area contributed by atoms with Crippen molar-refractivity contribution in [3.63, 3.8) is 0 Å². The first-order valence-electron chi connectivity index (χ1n) is 6.08. The molecule has 0 aliphatic heterocycles. The molecular weight excluding hydrogens is 264 g/mol. The monoisotopic (exact) mass is 280 g/mol. The molecule has 0 radical (unpaired) electrons. The summed E-state index contributed by atoms with van der Waals surface area (Å²) < 4.78 is 0. The van der Waals surface area contributed by atoms with Gasteiger partial charge in [-0.25, -0.2) is 0 Å². The first-order chi connectivity index (χ1) is 9.42. The van der Waals surface area contributed by atoms with E-state index < -0.39 is 23.0 Å². The highest BCUT2D eigenvalue weighted by Crippen LogP contribution is 2.20. The van der Waals surface area contributed by atoms with E-state index in [1.165, 1.54) is 31.3 Å². The van der Waals surface area contributed by atoms with Crippen LogP contribution >= 0.6 is 0 Å². The molecule has 20 heavy (non-hydrogen) atoms. The van der Waals surface area contributed by atoms with E-state index >= 15 is 0 Å². The molecule has 0 aliphatic rings. The summed E-state index contributed by atoms with van der Waals surface area (Å²) in [5.74, 6) is -0.945. The van der Waals surface area contributed by atoms with Crippen molar-refractivity contribution >= 4 is 11.7 Å². The van der Waals surface area contributed by atoms with Crippen LogP contribution in [0.1, 0.15) is 35.4 Å². The molecule has 0 saturated heterocycles. The number of rotatable bonds is 6. The van der Waals surface area contributed by atoms with E-state index in [1.807, 2.05) is 0 Å². The quantitative estimate of drug-likeness (QED) is 0.453. The fourth-order valence-electron chi connectivity index (χ4n) is 1.75. The molecule has 0 heterocycles. The third-order valence-corrected chi connectivity index (χ3v) is 2.94. The lowest BCUT2D eigenvalue weighted by atomic mass is 9.99. The first kappa shape index (κ1) is 15.8. The number of nitrogens with one attached hydrogen (secondary N) is 1.